The van der Waals surface area contributed by atoms with E-state index < -0.39 is 0 Å². The summed E-state index contributed by atoms with van der Waals surface area (Å²) in [4.78, 5) is 19.1. The normalized spacial score (nSPS) is 12.0. The van der Waals surface area contributed by atoms with Crippen LogP contribution in [0.3, 0.4) is 0 Å². The zero-order valence-electron chi connectivity index (χ0n) is 18.7. The maximum absolute atomic E-state index is 13.3. The monoisotopic (exact) mass is 461 g/mol. The van der Waals surface area contributed by atoms with Crippen molar-refractivity contribution in [2.24, 2.45) is 0 Å². The third-order valence-electron chi connectivity index (χ3n) is 5.43. The van der Waals surface area contributed by atoms with Crippen molar-refractivity contribution in [1.82, 2.24) is 15.2 Å². The summed E-state index contributed by atoms with van der Waals surface area (Å²) in [5.41, 5.74) is 3.00. The molecule has 0 spiro atoms. The Morgan fingerprint density at radius 1 is 0.882 bits per heavy atom. The van der Waals surface area contributed by atoms with E-state index >= 15 is 0 Å². The van der Waals surface area contributed by atoms with Crippen LogP contribution in [0, 0.1) is 11.6 Å². The number of carbonyl (C=O) groups is 1. The minimum Gasteiger partial charge on any atom is -0.447 e. The topological polar surface area (TPSA) is 58.4 Å². The van der Waals surface area contributed by atoms with Crippen LogP contribution >= 0.6 is 0 Å². The Hall–Kier alpha value is -3.84. The molecule has 1 heterocycles. The molecular formula is C27H25F2N3O2. The predicted octanol–water partition coefficient (Wildman–Crippen LogP) is 5.65. The highest BCUT2D eigenvalue weighted by Crippen LogP contribution is 2.16. The van der Waals surface area contributed by atoms with Crippen molar-refractivity contribution in [3.63, 3.8) is 0 Å². The molecule has 0 saturated heterocycles. The highest BCUT2D eigenvalue weighted by Gasteiger charge is 2.18. The van der Waals surface area contributed by atoms with Crippen LogP contribution in [0.15, 0.2) is 89.5 Å². The van der Waals surface area contributed by atoms with Gasteiger partial charge in [0.25, 0.3) is 5.91 Å². The number of hydrogen-bond acceptors (Lipinski definition) is 4. The summed E-state index contributed by atoms with van der Waals surface area (Å²) in [7, 11) is 0. The van der Waals surface area contributed by atoms with Gasteiger partial charge in [0.1, 0.15) is 17.9 Å². The lowest BCUT2D eigenvalue weighted by molar-refractivity contribution is 0.0934. The van der Waals surface area contributed by atoms with Gasteiger partial charge in [0.05, 0.1) is 12.6 Å². The van der Waals surface area contributed by atoms with Crippen LogP contribution in [-0.4, -0.2) is 15.8 Å². The van der Waals surface area contributed by atoms with Crippen LogP contribution in [0.5, 0.6) is 0 Å². The van der Waals surface area contributed by atoms with Gasteiger partial charge >= 0.3 is 0 Å². The molecule has 4 aromatic rings. The number of benzene rings is 3. The highest BCUT2D eigenvalue weighted by molar-refractivity contribution is 5.92. The lowest BCUT2D eigenvalue weighted by atomic mass is 10.1. The van der Waals surface area contributed by atoms with Crippen molar-refractivity contribution in [3.8, 4) is 0 Å². The molecule has 7 heteroatoms. The number of carbonyl (C=O) groups excluding carboxylic acids is 1. The number of nitrogens with one attached hydrogen (secondary N) is 1. The number of nitrogens with zero attached hydrogens (tertiary/aromatic N) is 2. The van der Waals surface area contributed by atoms with Gasteiger partial charge in [-0.3, -0.25) is 9.69 Å². The largest absolute Gasteiger partial charge is 0.447 e. The van der Waals surface area contributed by atoms with Crippen LogP contribution in [-0.2, 0) is 19.6 Å². The minimum absolute atomic E-state index is 0.178. The molecule has 1 atom stereocenters. The smallest absolute Gasteiger partial charge is 0.273 e. The van der Waals surface area contributed by atoms with Gasteiger partial charge in [0, 0.05) is 13.1 Å². The Kier molecular flexibility index (Phi) is 7.44. The first-order chi connectivity index (χ1) is 16.5. The Labute approximate surface area is 197 Å². The third-order valence-corrected chi connectivity index (χ3v) is 5.43. The Balaban J connectivity index is 1.45. The fourth-order valence-electron chi connectivity index (χ4n) is 3.64. The summed E-state index contributed by atoms with van der Waals surface area (Å²) >= 11 is 0. The van der Waals surface area contributed by atoms with Crippen LogP contribution in [0.1, 0.15) is 46.0 Å². The molecule has 174 valence electrons. The zero-order valence-corrected chi connectivity index (χ0v) is 18.7. The van der Waals surface area contributed by atoms with Gasteiger partial charge in [-0.2, -0.15) is 0 Å². The average Bonchev–Trinajstić information content (AvgIpc) is 3.31. The lowest BCUT2D eigenvalue weighted by Crippen LogP contribution is -2.27. The van der Waals surface area contributed by atoms with Crippen molar-refractivity contribution in [1.29, 1.82) is 0 Å². The van der Waals surface area contributed by atoms with Gasteiger partial charge < -0.3 is 9.73 Å². The molecule has 5 nitrogen and oxygen atoms in total. The summed E-state index contributed by atoms with van der Waals surface area (Å²) in [6, 6.07) is 22.0. The van der Waals surface area contributed by atoms with Crippen molar-refractivity contribution < 1.29 is 18.0 Å². The summed E-state index contributed by atoms with van der Waals surface area (Å²) in [5.74, 6) is -0.555. The zero-order chi connectivity index (χ0) is 23.9. The first-order valence-electron chi connectivity index (χ1n) is 11.0. The van der Waals surface area contributed by atoms with Crippen LogP contribution in [0.4, 0.5) is 8.78 Å². The molecule has 1 N–H and O–H groups in total. The Bertz CT molecular complexity index is 1160. The molecule has 1 unspecified atom stereocenters. The van der Waals surface area contributed by atoms with Gasteiger partial charge in [-0.25, -0.2) is 13.8 Å². The van der Waals surface area contributed by atoms with Gasteiger partial charge in [0.2, 0.25) is 5.89 Å². The van der Waals surface area contributed by atoms with E-state index in [1.165, 1.54) is 30.5 Å². The molecule has 0 saturated carbocycles. The number of hydrogen-bond donors (Lipinski definition) is 1. The number of halogens is 2. The predicted molar refractivity (Wildman–Crippen MR) is 125 cm³/mol. The molecule has 0 radical (unpaired) electrons. The van der Waals surface area contributed by atoms with Gasteiger partial charge in [-0.15, -0.1) is 0 Å². The average molecular weight is 462 g/mol. The standard InChI is InChI=1S/C27H25F2N3O2/c1-19(22-5-3-2-4-6-22)30-27(33)25-18-34-26(31-25)17-32(15-20-7-11-23(28)12-8-20)16-21-9-13-24(29)14-10-21/h2-14,18-19H,15-17H2,1H3,(H,30,33). The second-order valence-corrected chi connectivity index (χ2v) is 8.13. The molecule has 1 amide bonds. The van der Waals surface area contributed by atoms with Crippen molar-refractivity contribution >= 4 is 5.91 Å². The SMILES string of the molecule is CC(NC(=O)c1coc(CN(Cc2ccc(F)cc2)Cc2ccc(F)cc2)n1)c1ccccc1. The fraction of sp³-hybridized carbons (Fsp3) is 0.185. The molecule has 4 rings (SSSR count). The van der Waals surface area contributed by atoms with Crippen molar-refractivity contribution in [3.05, 3.63) is 125 Å². The van der Waals surface area contributed by atoms with Crippen LogP contribution < -0.4 is 5.32 Å². The Morgan fingerprint density at radius 3 is 2.00 bits per heavy atom. The van der Waals surface area contributed by atoms with Gasteiger partial charge in [0.15, 0.2) is 5.69 Å². The van der Waals surface area contributed by atoms with Crippen LogP contribution in [0.2, 0.25) is 0 Å². The summed E-state index contributed by atoms with van der Waals surface area (Å²) in [6.45, 7) is 3.21. The van der Waals surface area contributed by atoms with E-state index in [0.717, 1.165) is 16.7 Å². The maximum atomic E-state index is 13.3. The molecule has 0 fully saturated rings. The molecule has 0 aliphatic rings. The van der Waals surface area contributed by atoms with Gasteiger partial charge in [-0.05, 0) is 47.9 Å². The third kappa shape index (κ3) is 6.36. The molecular weight excluding hydrogens is 436 g/mol. The molecule has 3 aromatic carbocycles. The fourth-order valence-corrected chi connectivity index (χ4v) is 3.64. The van der Waals surface area contributed by atoms with E-state index in [1.807, 2.05) is 42.2 Å². The maximum Gasteiger partial charge on any atom is 0.273 e. The van der Waals surface area contributed by atoms with E-state index in [-0.39, 0.29) is 29.3 Å². The van der Waals surface area contributed by atoms with E-state index in [1.54, 1.807) is 24.3 Å². The summed E-state index contributed by atoms with van der Waals surface area (Å²) < 4.78 is 32.2. The van der Waals surface area contributed by atoms with Gasteiger partial charge in [-0.1, -0.05) is 54.6 Å². The molecule has 0 bridgehead atoms. The quantitative estimate of drug-likeness (QED) is 0.350. The molecule has 0 aliphatic carbocycles. The van der Waals surface area contributed by atoms with Crippen molar-refractivity contribution in [2.75, 3.05) is 0 Å². The molecule has 34 heavy (non-hydrogen) atoms. The van der Waals surface area contributed by atoms with E-state index in [4.69, 9.17) is 4.42 Å². The first-order valence-corrected chi connectivity index (χ1v) is 11.0. The van der Waals surface area contributed by atoms with E-state index in [9.17, 15) is 13.6 Å². The van der Waals surface area contributed by atoms with E-state index in [2.05, 4.69) is 10.3 Å². The molecule has 0 aliphatic heterocycles. The second kappa shape index (κ2) is 10.9. The number of aromatic nitrogens is 1. The van der Waals surface area contributed by atoms with E-state index in [0.29, 0.717) is 25.5 Å². The number of amides is 1. The first kappa shape index (κ1) is 23.3. The number of rotatable bonds is 9. The minimum atomic E-state index is -0.324. The van der Waals surface area contributed by atoms with Crippen molar-refractivity contribution in [2.45, 2.75) is 32.6 Å². The highest BCUT2D eigenvalue weighted by atomic mass is 19.1. The summed E-state index contributed by atoms with van der Waals surface area (Å²) in [5, 5.41) is 2.92. The van der Waals surface area contributed by atoms with Crippen LogP contribution in [0.25, 0.3) is 0 Å². The Morgan fingerprint density at radius 2 is 1.44 bits per heavy atom. The second-order valence-electron chi connectivity index (χ2n) is 8.13. The molecule has 1 aromatic heterocycles. The number of oxazole rings is 1. The lowest BCUT2D eigenvalue weighted by Gasteiger charge is -2.21. The summed E-state index contributed by atoms with van der Waals surface area (Å²) in [6.07, 6.45) is 1.34.